The first kappa shape index (κ1) is 14.2. The summed E-state index contributed by atoms with van der Waals surface area (Å²) in [6.45, 7) is 2.82. The molecule has 0 aliphatic carbocycles. The van der Waals surface area contributed by atoms with Crippen LogP contribution in [0.1, 0.15) is 6.92 Å². The molecule has 0 fully saturated rings. The third-order valence-corrected chi connectivity index (χ3v) is 2.93. The van der Waals surface area contributed by atoms with Crippen LogP contribution in [0.2, 0.25) is 0 Å². The van der Waals surface area contributed by atoms with Crippen LogP contribution >= 0.6 is 0 Å². The largest absolute Gasteiger partial charge is 0.352 e. The van der Waals surface area contributed by atoms with Crippen LogP contribution in [0.4, 0.5) is 11.9 Å². The van der Waals surface area contributed by atoms with Crippen molar-refractivity contribution in [2.24, 2.45) is 5.84 Å². The number of hydrazine groups is 1. The number of aromatic nitrogens is 5. The van der Waals surface area contributed by atoms with E-state index in [9.17, 15) is 0 Å². The lowest BCUT2D eigenvalue weighted by Crippen LogP contribution is -2.32. The van der Waals surface area contributed by atoms with Crippen molar-refractivity contribution in [2.45, 2.75) is 13.0 Å². The Bertz CT molecular complexity index is 537. The Morgan fingerprint density at radius 1 is 1.30 bits per heavy atom. The molecule has 2 aromatic rings. The summed E-state index contributed by atoms with van der Waals surface area (Å²) < 4.78 is 1.68. The van der Waals surface area contributed by atoms with Gasteiger partial charge >= 0.3 is 0 Å². The van der Waals surface area contributed by atoms with Gasteiger partial charge in [0.1, 0.15) is 6.33 Å². The lowest BCUT2D eigenvalue weighted by atomic mass is 10.3. The van der Waals surface area contributed by atoms with Gasteiger partial charge in [0.25, 0.3) is 0 Å². The maximum atomic E-state index is 5.38. The van der Waals surface area contributed by atoms with Gasteiger partial charge in [0, 0.05) is 25.0 Å². The molecule has 0 saturated heterocycles. The highest BCUT2D eigenvalue weighted by Gasteiger charge is 2.09. The van der Waals surface area contributed by atoms with Gasteiger partial charge in [0.05, 0.1) is 0 Å². The van der Waals surface area contributed by atoms with E-state index in [1.807, 2.05) is 14.1 Å². The molecule has 0 amide bonds. The molecular formula is C11H19N9. The summed E-state index contributed by atoms with van der Waals surface area (Å²) in [5, 5.41) is 3.17. The summed E-state index contributed by atoms with van der Waals surface area (Å²) in [4.78, 5) is 18.7. The van der Waals surface area contributed by atoms with Crippen molar-refractivity contribution in [2.75, 3.05) is 31.4 Å². The fourth-order valence-corrected chi connectivity index (χ4v) is 1.42. The molecular weight excluding hydrogens is 258 g/mol. The van der Waals surface area contributed by atoms with Gasteiger partial charge in [-0.3, -0.25) is 9.99 Å². The topological polar surface area (TPSA) is 110 Å². The van der Waals surface area contributed by atoms with Crippen molar-refractivity contribution < 1.29 is 0 Å². The highest BCUT2D eigenvalue weighted by molar-refractivity contribution is 5.37. The Labute approximate surface area is 117 Å². The molecule has 0 radical (unpaired) electrons. The zero-order valence-electron chi connectivity index (χ0n) is 11.8. The minimum atomic E-state index is 0.295. The first-order valence-electron chi connectivity index (χ1n) is 6.21. The summed E-state index contributed by atoms with van der Waals surface area (Å²) in [7, 11) is 4.03. The number of nitrogens with one attached hydrogen (secondary N) is 2. The summed E-state index contributed by atoms with van der Waals surface area (Å²) in [6, 6.07) is 0.345. The summed E-state index contributed by atoms with van der Waals surface area (Å²) in [6.07, 6.45) is 5.02. The van der Waals surface area contributed by atoms with Gasteiger partial charge in [-0.15, -0.1) is 0 Å². The Hall–Kier alpha value is -2.26. The number of hydrogen-bond donors (Lipinski definition) is 3. The number of likely N-dealkylation sites (N-methyl/N-ethyl adjacent to an activating group) is 1. The van der Waals surface area contributed by atoms with E-state index in [1.54, 1.807) is 23.3 Å². The monoisotopic (exact) mass is 277 g/mol. The molecule has 2 heterocycles. The Morgan fingerprint density at radius 2 is 2.05 bits per heavy atom. The second-order valence-electron chi connectivity index (χ2n) is 4.59. The van der Waals surface area contributed by atoms with E-state index in [4.69, 9.17) is 5.84 Å². The van der Waals surface area contributed by atoms with E-state index >= 15 is 0 Å². The van der Waals surface area contributed by atoms with Gasteiger partial charge in [-0.05, 0) is 21.0 Å². The summed E-state index contributed by atoms with van der Waals surface area (Å²) in [5.41, 5.74) is 2.43. The van der Waals surface area contributed by atoms with Crippen LogP contribution in [-0.2, 0) is 0 Å². The van der Waals surface area contributed by atoms with Crippen molar-refractivity contribution in [1.29, 1.82) is 0 Å². The Kier molecular flexibility index (Phi) is 4.43. The fraction of sp³-hybridized carbons (Fsp3) is 0.455. The van der Waals surface area contributed by atoms with Crippen molar-refractivity contribution in [3.8, 4) is 5.95 Å². The molecule has 2 aromatic heterocycles. The first-order chi connectivity index (χ1) is 9.60. The quantitative estimate of drug-likeness (QED) is 0.488. The lowest BCUT2D eigenvalue weighted by Gasteiger charge is -2.20. The van der Waals surface area contributed by atoms with E-state index < -0.39 is 0 Å². The molecule has 9 heteroatoms. The number of nitrogen functional groups attached to an aromatic ring is 1. The summed E-state index contributed by atoms with van der Waals surface area (Å²) in [5.74, 6) is 6.59. The molecule has 20 heavy (non-hydrogen) atoms. The van der Waals surface area contributed by atoms with E-state index in [0.717, 1.165) is 0 Å². The normalized spacial score (nSPS) is 12.4. The maximum Gasteiger partial charge on any atom is 0.243 e. The van der Waals surface area contributed by atoms with Gasteiger partial charge in [0.2, 0.25) is 17.8 Å². The van der Waals surface area contributed by atoms with Gasteiger partial charge < -0.3 is 10.2 Å². The Morgan fingerprint density at radius 3 is 2.65 bits per heavy atom. The molecule has 0 spiro atoms. The third kappa shape index (κ3) is 3.39. The molecule has 1 unspecified atom stereocenters. The van der Waals surface area contributed by atoms with Crippen LogP contribution in [0.5, 0.6) is 0 Å². The average Bonchev–Trinajstić information content (AvgIpc) is 2.98. The number of imidazole rings is 1. The standard InChI is InChI=1S/C11H19N9/c1-8(19(2)3)6-14-9-15-10(18-12)17-11(16-9)20-5-4-13-7-20/h4-5,7-8H,6,12H2,1-3H3,(H2,14,15,16,17,18). The van der Waals surface area contributed by atoms with Crippen molar-refractivity contribution in [3.05, 3.63) is 18.7 Å². The second-order valence-corrected chi connectivity index (χ2v) is 4.59. The van der Waals surface area contributed by atoms with Crippen LogP contribution in [0.25, 0.3) is 5.95 Å². The highest BCUT2D eigenvalue weighted by Crippen LogP contribution is 2.08. The van der Waals surface area contributed by atoms with E-state index in [0.29, 0.717) is 30.4 Å². The van der Waals surface area contributed by atoms with Gasteiger partial charge in [-0.1, -0.05) is 0 Å². The van der Waals surface area contributed by atoms with Gasteiger partial charge in [-0.2, -0.15) is 15.0 Å². The Balaban J connectivity index is 2.18. The number of nitrogens with two attached hydrogens (primary N) is 1. The van der Waals surface area contributed by atoms with Crippen molar-refractivity contribution in [3.63, 3.8) is 0 Å². The molecule has 0 bridgehead atoms. The van der Waals surface area contributed by atoms with Crippen LogP contribution in [-0.4, -0.2) is 56.1 Å². The molecule has 1 atom stereocenters. The number of hydrogen-bond acceptors (Lipinski definition) is 8. The van der Waals surface area contributed by atoms with E-state index in [2.05, 4.69) is 42.5 Å². The van der Waals surface area contributed by atoms with E-state index in [-0.39, 0.29) is 0 Å². The molecule has 0 aliphatic rings. The average molecular weight is 277 g/mol. The number of rotatable bonds is 6. The molecule has 0 saturated carbocycles. The molecule has 2 rings (SSSR count). The molecule has 0 aromatic carbocycles. The first-order valence-corrected chi connectivity index (χ1v) is 6.21. The number of nitrogens with zero attached hydrogens (tertiary/aromatic N) is 6. The van der Waals surface area contributed by atoms with Crippen LogP contribution in [0, 0.1) is 0 Å². The molecule has 108 valence electrons. The van der Waals surface area contributed by atoms with Crippen molar-refractivity contribution in [1.82, 2.24) is 29.4 Å². The third-order valence-electron chi connectivity index (χ3n) is 2.93. The van der Waals surface area contributed by atoms with E-state index in [1.165, 1.54) is 0 Å². The highest BCUT2D eigenvalue weighted by atomic mass is 15.4. The van der Waals surface area contributed by atoms with Crippen LogP contribution in [0.15, 0.2) is 18.7 Å². The van der Waals surface area contributed by atoms with Crippen molar-refractivity contribution >= 4 is 11.9 Å². The fourth-order valence-electron chi connectivity index (χ4n) is 1.42. The van der Waals surface area contributed by atoms with Gasteiger partial charge in [0.15, 0.2) is 0 Å². The minimum absolute atomic E-state index is 0.295. The predicted octanol–water partition coefficient (Wildman–Crippen LogP) is -0.295. The predicted molar refractivity (Wildman–Crippen MR) is 76.4 cm³/mol. The SMILES string of the molecule is CC(CNc1nc(NN)nc(-n2ccnc2)n1)N(C)C. The van der Waals surface area contributed by atoms with Crippen LogP contribution < -0.4 is 16.6 Å². The molecule has 4 N–H and O–H groups in total. The number of anilines is 2. The zero-order valence-corrected chi connectivity index (χ0v) is 11.8. The second kappa shape index (κ2) is 6.26. The molecule has 0 aliphatic heterocycles. The minimum Gasteiger partial charge on any atom is -0.352 e. The molecule has 9 nitrogen and oxygen atoms in total. The smallest absolute Gasteiger partial charge is 0.243 e. The van der Waals surface area contributed by atoms with Crippen LogP contribution in [0.3, 0.4) is 0 Å². The zero-order chi connectivity index (χ0) is 14.5. The summed E-state index contributed by atoms with van der Waals surface area (Å²) >= 11 is 0. The maximum absolute atomic E-state index is 5.38. The lowest BCUT2D eigenvalue weighted by molar-refractivity contribution is 0.325. The van der Waals surface area contributed by atoms with Gasteiger partial charge in [-0.25, -0.2) is 10.8 Å².